The Morgan fingerprint density at radius 1 is 1.38 bits per heavy atom. The van der Waals surface area contributed by atoms with Crippen molar-refractivity contribution in [3.05, 3.63) is 28.1 Å². The van der Waals surface area contributed by atoms with Crippen molar-refractivity contribution in [2.45, 2.75) is 18.9 Å². The Morgan fingerprint density at radius 2 is 2.19 bits per heavy atom. The summed E-state index contributed by atoms with van der Waals surface area (Å²) in [6.45, 7) is 0. The summed E-state index contributed by atoms with van der Waals surface area (Å²) in [6, 6.07) is 6.54. The van der Waals surface area contributed by atoms with Crippen LogP contribution in [0.4, 0.5) is 5.69 Å². The number of nitrogens with zero attached hydrogens (tertiary/aromatic N) is 3. The molecule has 5 heteroatoms. The minimum atomic E-state index is 0.572. The monoisotopic (exact) mass is 326 g/mol. The molecule has 4 nitrogen and oxygen atoms in total. The van der Waals surface area contributed by atoms with Crippen molar-refractivity contribution in [3.8, 4) is 11.4 Å². The van der Waals surface area contributed by atoms with Gasteiger partial charge in [-0.15, -0.1) is 10.2 Å². The highest BCUT2D eigenvalue weighted by Gasteiger charge is 2.27. The van der Waals surface area contributed by atoms with E-state index in [0.29, 0.717) is 6.04 Å². The van der Waals surface area contributed by atoms with Gasteiger partial charge >= 0.3 is 0 Å². The molecule has 1 aliphatic carbocycles. The first-order valence-corrected chi connectivity index (χ1v) is 6.28. The van der Waals surface area contributed by atoms with Crippen LogP contribution in [-0.2, 0) is 0 Å². The Labute approximate surface area is 107 Å². The smallest absolute Gasteiger partial charge is 0.166 e. The molecule has 1 aromatic carbocycles. The topological polar surface area (TPSA) is 56.7 Å². The van der Waals surface area contributed by atoms with Gasteiger partial charge in [0.25, 0.3) is 0 Å². The molecule has 0 spiro atoms. The predicted molar refractivity (Wildman–Crippen MR) is 70.9 cm³/mol. The van der Waals surface area contributed by atoms with E-state index in [1.54, 1.807) is 6.33 Å². The fraction of sp³-hybridized carbons (Fsp3) is 0.273. The fourth-order valence-electron chi connectivity index (χ4n) is 1.78. The van der Waals surface area contributed by atoms with Crippen molar-refractivity contribution < 1.29 is 0 Å². The van der Waals surface area contributed by atoms with E-state index in [0.717, 1.165) is 20.6 Å². The lowest BCUT2D eigenvalue weighted by Crippen LogP contribution is -1.99. The molecule has 0 atom stereocenters. The van der Waals surface area contributed by atoms with E-state index < -0.39 is 0 Å². The third kappa shape index (κ3) is 1.68. The molecule has 16 heavy (non-hydrogen) atoms. The maximum atomic E-state index is 5.99. The number of benzene rings is 1. The number of aromatic nitrogens is 3. The molecule has 2 aromatic rings. The van der Waals surface area contributed by atoms with Crippen LogP contribution in [0.5, 0.6) is 0 Å². The highest BCUT2D eigenvalue weighted by molar-refractivity contribution is 14.1. The van der Waals surface area contributed by atoms with Crippen LogP contribution in [0.15, 0.2) is 24.5 Å². The first-order chi connectivity index (χ1) is 7.75. The quantitative estimate of drug-likeness (QED) is 0.681. The van der Waals surface area contributed by atoms with Crippen LogP contribution < -0.4 is 5.73 Å². The molecule has 1 aromatic heterocycles. The molecule has 0 radical (unpaired) electrons. The second-order valence-electron chi connectivity index (χ2n) is 4.02. The van der Waals surface area contributed by atoms with Gasteiger partial charge < -0.3 is 10.3 Å². The summed E-state index contributed by atoms with van der Waals surface area (Å²) in [5.74, 6) is 0.888. The number of halogens is 1. The Hall–Kier alpha value is -1.11. The second kappa shape index (κ2) is 3.73. The molecule has 0 bridgehead atoms. The Kier molecular flexibility index (Phi) is 2.34. The van der Waals surface area contributed by atoms with Crippen molar-refractivity contribution in [2.75, 3.05) is 5.73 Å². The fourth-order valence-corrected chi connectivity index (χ4v) is 2.27. The lowest BCUT2D eigenvalue weighted by atomic mass is 10.1. The van der Waals surface area contributed by atoms with Gasteiger partial charge in [0.2, 0.25) is 0 Å². The molecule has 3 rings (SSSR count). The van der Waals surface area contributed by atoms with Crippen LogP contribution in [0.2, 0.25) is 0 Å². The van der Waals surface area contributed by atoms with Gasteiger partial charge in [0.05, 0.1) is 0 Å². The summed E-state index contributed by atoms with van der Waals surface area (Å²) in [6.07, 6.45) is 4.23. The second-order valence-corrected chi connectivity index (χ2v) is 5.27. The van der Waals surface area contributed by atoms with Crippen molar-refractivity contribution in [1.82, 2.24) is 14.8 Å². The largest absolute Gasteiger partial charge is 0.398 e. The maximum absolute atomic E-state index is 5.99. The number of anilines is 1. The maximum Gasteiger partial charge on any atom is 0.166 e. The van der Waals surface area contributed by atoms with Gasteiger partial charge in [0, 0.05) is 20.9 Å². The summed E-state index contributed by atoms with van der Waals surface area (Å²) in [5.41, 5.74) is 7.73. The van der Waals surface area contributed by atoms with Gasteiger partial charge in [-0.25, -0.2) is 0 Å². The molecule has 82 valence electrons. The average molecular weight is 326 g/mol. The minimum Gasteiger partial charge on any atom is -0.398 e. The van der Waals surface area contributed by atoms with Crippen molar-refractivity contribution >= 4 is 28.3 Å². The van der Waals surface area contributed by atoms with Gasteiger partial charge in [0.1, 0.15) is 6.33 Å². The minimum absolute atomic E-state index is 0.572. The van der Waals surface area contributed by atoms with Crippen LogP contribution in [0.25, 0.3) is 11.4 Å². The number of hydrogen-bond acceptors (Lipinski definition) is 3. The SMILES string of the molecule is Nc1ccc(I)cc1-c1nncn1C1CC1. The van der Waals surface area contributed by atoms with E-state index in [4.69, 9.17) is 5.73 Å². The molecule has 1 heterocycles. The van der Waals surface area contributed by atoms with E-state index in [-0.39, 0.29) is 0 Å². The summed E-state index contributed by atoms with van der Waals surface area (Å²) in [7, 11) is 0. The highest BCUT2D eigenvalue weighted by Crippen LogP contribution is 2.38. The number of nitrogens with two attached hydrogens (primary N) is 1. The third-order valence-corrected chi connectivity index (χ3v) is 3.44. The molecule has 0 aliphatic heterocycles. The molecule has 1 fully saturated rings. The first-order valence-electron chi connectivity index (χ1n) is 5.20. The van der Waals surface area contributed by atoms with Crippen LogP contribution in [0.3, 0.4) is 0 Å². The summed E-state index contributed by atoms with van der Waals surface area (Å²) >= 11 is 2.28. The van der Waals surface area contributed by atoms with Gasteiger partial charge in [-0.2, -0.15) is 0 Å². The zero-order valence-electron chi connectivity index (χ0n) is 8.60. The number of rotatable bonds is 2. The molecule has 0 saturated heterocycles. The molecular formula is C11H11IN4. The summed E-state index contributed by atoms with van der Waals surface area (Å²) < 4.78 is 3.29. The number of hydrogen-bond donors (Lipinski definition) is 1. The lowest BCUT2D eigenvalue weighted by molar-refractivity contribution is 0.746. The molecule has 2 N–H and O–H groups in total. The molecule has 0 amide bonds. The molecular weight excluding hydrogens is 315 g/mol. The Bertz CT molecular complexity index is 531. The van der Waals surface area contributed by atoms with Crippen molar-refractivity contribution in [3.63, 3.8) is 0 Å². The normalized spacial score (nSPS) is 15.3. The zero-order valence-corrected chi connectivity index (χ0v) is 10.8. The van der Waals surface area contributed by atoms with E-state index >= 15 is 0 Å². The molecule has 1 saturated carbocycles. The molecule has 1 aliphatic rings. The lowest BCUT2D eigenvalue weighted by Gasteiger charge is -2.07. The van der Waals surface area contributed by atoms with Crippen LogP contribution in [0, 0.1) is 3.57 Å². The van der Waals surface area contributed by atoms with E-state index in [9.17, 15) is 0 Å². The van der Waals surface area contributed by atoms with Crippen molar-refractivity contribution in [1.29, 1.82) is 0 Å². The van der Waals surface area contributed by atoms with Crippen molar-refractivity contribution in [2.24, 2.45) is 0 Å². The van der Waals surface area contributed by atoms with Gasteiger partial charge in [-0.1, -0.05) is 0 Å². The summed E-state index contributed by atoms with van der Waals surface area (Å²) in [4.78, 5) is 0. The van der Waals surface area contributed by atoms with E-state index in [2.05, 4.69) is 43.4 Å². The standard InChI is InChI=1S/C11H11IN4/c12-7-1-4-10(13)9(5-7)11-15-14-6-16(11)8-2-3-8/h1,4-6,8H,2-3,13H2. The number of nitrogen functional groups attached to an aromatic ring is 1. The average Bonchev–Trinajstić information content (AvgIpc) is 3.01. The summed E-state index contributed by atoms with van der Waals surface area (Å²) in [5, 5.41) is 8.16. The van der Waals surface area contributed by atoms with E-state index in [1.165, 1.54) is 12.8 Å². The van der Waals surface area contributed by atoms with Crippen LogP contribution in [-0.4, -0.2) is 14.8 Å². The van der Waals surface area contributed by atoms with Gasteiger partial charge in [0.15, 0.2) is 5.82 Å². The van der Waals surface area contributed by atoms with Crippen LogP contribution in [0.1, 0.15) is 18.9 Å². The Morgan fingerprint density at radius 3 is 2.94 bits per heavy atom. The predicted octanol–water partition coefficient (Wildman–Crippen LogP) is 2.47. The zero-order chi connectivity index (χ0) is 11.1. The van der Waals surface area contributed by atoms with Gasteiger partial charge in [-0.3, -0.25) is 0 Å². The van der Waals surface area contributed by atoms with Gasteiger partial charge in [-0.05, 0) is 53.6 Å². The Balaban J connectivity index is 2.13. The highest BCUT2D eigenvalue weighted by atomic mass is 127. The van der Waals surface area contributed by atoms with E-state index in [1.807, 2.05) is 12.1 Å². The first kappa shape index (κ1) is 10.1. The van der Waals surface area contributed by atoms with Crippen LogP contribution >= 0.6 is 22.6 Å². The molecule has 0 unspecified atom stereocenters. The third-order valence-electron chi connectivity index (χ3n) is 2.77.